The van der Waals surface area contributed by atoms with Gasteiger partial charge in [-0.2, -0.15) is 0 Å². The molecule has 1 N–H and O–H groups in total. The van der Waals surface area contributed by atoms with E-state index in [1.165, 1.54) is 12.1 Å². The molecular formula is C14H21ClN2O3S. The number of hydrogen-bond acceptors (Lipinski definition) is 4. The Hall–Kier alpha value is -0.660. The average Bonchev–Trinajstić information content (AvgIpc) is 2.38. The molecule has 0 spiro atoms. The van der Waals surface area contributed by atoms with Gasteiger partial charge in [-0.15, -0.1) is 0 Å². The van der Waals surface area contributed by atoms with Crippen molar-refractivity contribution in [1.82, 2.24) is 9.62 Å². The normalized spacial score (nSPS) is 17.9. The molecule has 21 heavy (non-hydrogen) atoms. The highest BCUT2D eigenvalue weighted by atomic mass is 35.5. The highest BCUT2D eigenvalue weighted by molar-refractivity contribution is 7.89. The zero-order chi connectivity index (χ0) is 15.5. The van der Waals surface area contributed by atoms with E-state index in [4.69, 9.17) is 16.3 Å². The van der Waals surface area contributed by atoms with Crippen LogP contribution in [0.4, 0.5) is 0 Å². The number of halogens is 1. The molecule has 1 aromatic rings. The Morgan fingerprint density at radius 3 is 2.38 bits per heavy atom. The van der Waals surface area contributed by atoms with Crippen molar-refractivity contribution in [2.75, 3.05) is 32.8 Å². The SMILES string of the molecule is CC(C)(CN1CCOCC1)NS(=O)(=O)c1ccc(Cl)cc1. The largest absolute Gasteiger partial charge is 0.379 e. The van der Waals surface area contributed by atoms with E-state index < -0.39 is 15.6 Å². The van der Waals surface area contributed by atoms with Gasteiger partial charge in [0.15, 0.2) is 0 Å². The number of sulfonamides is 1. The molecule has 0 atom stereocenters. The van der Waals surface area contributed by atoms with Crippen LogP contribution in [0.3, 0.4) is 0 Å². The lowest BCUT2D eigenvalue weighted by molar-refractivity contribution is 0.0290. The highest BCUT2D eigenvalue weighted by Gasteiger charge is 2.28. The predicted molar refractivity (Wildman–Crippen MR) is 83.1 cm³/mol. The first-order valence-corrected chi connectivity index (χ1v) is 8.74. The molecule has 0 aromatic heterocycles. The third-order valence-corrected chi connectivity index (χ3v) is 5.22. The first-order chi connectivity index (χ1) is 9.78. The van der Waals surface area contributed by atoms with Gasteiger partial charge in [0.1, 0.15) is 0 Å². The summed E-state index contributed by atoms with van der Waals surface area (Å²) in [5.41, 5.74) is -0.560. The Bertz CT molecular complexity index is 566. The Morgan fingerprint density at radius 1 is 1.24 bits per heavy atom. The zero-order valence-electron chi connectivity index (χ0n) is 12.3. The van der Waals surface area contributed by atoms with Gasteiger partial charge in [0.25, 0.3) is 0 Å². The van der Waals surface area contributed by atoms with E-state index >= 15 is 0 Å². The van der Waals surface area contributed by atoms with Crippen molar-refractivity contribution in [3.8, 4) is 0 Å². The number of benzene rings is 1. The minimum absolute atomic E-state index is 0.224. The van der Waals surface area contributed by atoms with Crippen molar-refractivity contribution in [3.63, 3.8) is 0 Å². The van der Waals surface area contributed by atoms with Crippen LogP contribution in [0.1, 0.15) is 13.8 Å². The van der Waals surface area contributed by atoms with Crippen molar-refractivity contribution in [2.45, 2.75) is 24.3 Å². The second-order valence-electron chi connectivity index (χ2n) is 5.83. The molecule has 1 aliphatic rings. The minimum Gasteiger partial charge on any atom is -0.379 e. The van der Waals surface area contributed by atoms with Crippen LogP contribution < -0.4 is 4.72 Å². The number of morpholine rings is 1. The number of nitrogens with one attached hydrogen (secondary N) is 1. The van der Waals surface area contributed by atoms with Crippen LogP contribution in [0.2, 0.25) is 5.02 Å². The molecular weight excluding hydrogens is 312 g/mol. The summed E-state index contributed by atoms with van der Waals surface area (Å²) in [5.74, 6) is 0. The molecule has 1 aliphatic heterocycles. The molecule has 0 unspecified atom stereocenters. The van der Waals surface area contributed by atoms with Gasteiger partial charge in [-0.05, 0) is 38.1 Å². The fourth-order valence-electron chi connectivity index (χ4n) is 2.39. The summed E-state index contributed by atoms with van der Waals surface area (Å²) < 4.78 is 32.9. The molecule has 0 saturated carbocycles. The maximum atomic E-state index is 12.4. The van der Waals surface area contributed by atoms with Crippen LogP contribution in [0.25, 0.3) is 0 Å². The second kappa shape index (κ2) is 6.62. The topological polar surface area (TPSA) is 58.6 Å². The molecule has 118 valence electrons. The van der Waals surface area contributed by atoms with E-state index in [-0.39, 0.29) is 4.90 Å². The molecule has 1 fully saturated rings. The van der Waals surface area contributed by atoms with Gasteiger partial charge in [0, 0.05) is 30.2 Å². The van der Waals surface area contributed by atoms with Gasteiger partial charge in [0.2, 0.25) is 10.0 Å². The standard InChI is InChI=1S/C14H21ClN2O3S/c1-14(2,11-17-7-9-20-10-8-17)16-21(18,19)13-5-3-12(15)4-6-13/h3-6,16H,7-11H2,1-2H3. The van der Waals surface area contributed by atoms with Crippen LogP contribution in [-0.4, -0.2) is 51.7 Å². The fourth-order valence-corrected chi connectivity index (χ4v) is 3.92. The average molecular weight is 333 g/mol. The van der Waals surface area contributed by atoms with Gasteiger partial charge < -0.3 is 4.74 Å². The molecule has 0 bridgehead atoms. The van der Waals surface area contributed by atoms with Crippen molar-refractivity contribution in [3.05, 3.63) is 29.3 Å². The number of nitrogens with zero attached hydrogens (tertiary/aromatic N) is 1. The van der Waals surface area contributed by atoms with E-state index in [0.29, 0.717) is 24.8 Å². The van der Waals surface area contributed by atoms with E-state index in [1.54, 1.807) is 12.1 Å². The summed E-state index contributed by atoms with van der Waals surface area (Å²) >= 11 is 5.79. The van der Waals surface area contributed by atoms with Crippen molar-refractivity contribution in [1.29, 1.82) is 0 Å². The minimum atomic E-state index is -3.55. The van der Waals surface area contributed by atoms with Crippen LogP contribution in [0.15, 0.2) is 29.2 Å². The lowest BCUT2D eigenvalue weighted by Crippen LogP contribution is -2.53. The molecule has 1 aromatic carbocycles. The first kappa shape index (κ1) is 16.7. The van der Waals surface area contributed by atoms with Gasteiger partial charge in [-0.25, -0.2) is 13.1 Å². The van der Waals surface area contributed by atoms with Crippen LogP contribution in [-0.2, 0) is 14.8 Å². The van der Waals surface area contributed by atoms with Gasteiger partial charge >= 0.3 is 0 Å². The Balaban J connectivity index is 2.05. The molecule has 2 rings (SSSR count). The summed E-state index contributed by atoms with van der Waals surface area (Å²) in [7, 11) is -3.55. The first-order valence-electron chi connectivity index (χ1n) is 6.88. The van der Waals surface area contributed by atoms with E-state index in [2.05, 4.69) is 9.62 Å². The summed E-state index contributed by atoms with van der Waals surface area (Å²) in [6.45, 7) is 7.45. The van der Waals surface area contributed by atoms with E-state index in [0.717, 1.165) is 13.1 Å². The maximum absolute atomic E-state index is 12.4. The third-order valence-electron chi connectivity index (χ3n) is 3.26. The lowest BCUT2D eigenvalue weighted by atomic mass is 10.1. The van der Waals surface area contributed by atoms with Crippen molar-refractivity contribution >= 4 is 21.6 Å². The van der Waals surface area contributed by atoms with Crippen LogP contribution in [0.5, 0.6) is 0 Å². The highest BCUT2D eigenvalue weighted by Crippen LogP contribution is 2.17. The number of ether oxygens (including phenoxy) is 1. The third kappa shape index (κ3) is 4.93. The quantitative estimate of drug-likeness (QED) is 0.892. The van der Waals surface area contributed by atoms with E-state index in [1.807, 2.05) is 13.8 Å². The molecule has 1 saturated heterocycles. The summed E-state index contributed by atoms with van der Waals surface area (Å²) in [6, 6.07) is 6.17. The lowest BCUT2D eigenvalue weighted by Gasteiger charge is -2.35. The summed E-state index contributed by atoms with van der Waals surface area (Å²) in [5, 5.41) is 0.515. The van der Waals surface area contributed by atoms with E-state index in [9.17, 15) is 8.42 Å². The monoisotopic (exact) mass is 332 g/mol. The zero-order valence-corrected chi connectivity index (χ0v) is 13.9. The summed E-state index contributed by atoms with van der Waals surface area (Å²) in [4.78, 5) is 2.43. The molecule has 0 aliphatic carbocycles. The summed E-state index contributed by atoms with van der Waals surface area (Å²) in [6.07, 6.45) is 0. The molecule has 0 amide bonds. The van der Waals surface area contributed by atoms with Gasteiger partial charge in [0.05, 0.1) is 18.1 Å². The Labute approximate surface area is 131 Å². The number of hydrogen-bond donors (Lipinski definition) is 1. The molecule has 1 heterocycles. The smallest absolute Gasteiger partial charge is 0.241 e. The second-order valence-corrected chi connectivity index (χ2v) is 7.95. The fraction of sp³-hybridized carbons (Fsp3) is 0.571. The Morgan fingerprint density at radius 2 is 1.81 bits per heavy atom. The molecule has 7 heteroatoms. The predicted octanol–water partition coefficient (Wildman–Crippen LogP) is 1.73. The van der Waals surface area contributed by atoms with Gasteiger partial charge in [-0.3, -0.25) is 4.90 Å². The maximum Gasteiger partial charge on any atom is 0.241 e. The molecule has 5 nitrogen and oxygen atoms in total. The van der Waals surface area contributed by atoms with Gasteiger partial charge in [-0.1, -0.05) is 11.6 Å². The van der Waals surface area contributed by atoms with Crippen LogP contribution in [0, 0.1) is 0 Å². The Kier molecular flexibility index (Phi) is 5.27. The van der Waals surface area contributed by atoms with Crippen LogP contribution >= 0.6 is 11.6 Å². The van der Waals surface area contributed by atoms with Crippen molar-refractivity contribution < 1.29 is 13.2 Å². The van der Waals surface area contributed by atoms with Crippen molar-refractivity contribution in [2.24, 2.45) is 0 Å². The molecule has 0 radical (unpaired) electrons. The number of rotatable bonds is 5.